The summed E-state index contributed by atoms with van der Waals surface area (Å²) < 4.78 is 16.8. The molecule has 0 spiro atoms. The smallest absolute Gasteiger partial charge is 0.229 e. The minimum absolute atomic E-state index is 0.182. The van der Waals surface area contributed by atoms with E-state index < -0.39 is 5.82 Å². The zero-order valence-corrected chi connectivity index (χ0v) is 20.7. The van der Waals surface area contributed by atoms with E-state index in [1.807, 2.05) is 25.3 Å². The van der Waals surface area contributed by atoms with Crippen molar-refractivity contribution in [2.75, 3.05) is 31.5 Å². The van der Waals surface area contributed by atoms with Crippen LogP contribution in [0.25, 0.3) is 22.4 Å². The Kier molecular flexibility index (Phi) is 5.85. The second kappa shape index (κ2) is 9.18. The zero-order valence-electron chi connectivity index (χ0n) is 20.7. The summed E-state index contributed by atoms with van der Waals surface area (Å²) in [5.74, 6) is 2.79. The molecule has 0 aromatic carbocycles. The van der Waals surface area contributed by atoms with Crippen molar-refractivity contribution in [1.82, 2.24) is 39.7 Å². The van der Waals surface area contributed by atoms with E-state index in [0.29, 0.717) is 17.0 Å². The van der Waals surface area contributed by atoms with E-state index >= 15 is 0 Å². The van der Waals surface area contributed by atoms with Gasteiger partial charge in [-0.15, -0.1) is 0 Å². The van der Waals surface area contributed by atoms with Crippen LogP contribution in [0.2, 0.25) is 0 Å². The van der Waals surface area contributed by atoms with Crippen molar-refractivity contribution in [2.24, 2.45) is 11.8 Å². The summed E-state index contributed by atoms with van der Waals surface area (Å²) in [7, 11) is 0. The first kappa shape index (κ1) is 22.9. The van der Waals surface area contributed by atoms with Gasteiger partial charge in [0, 0.05) is 43.6 Å². The molecule has 36 heavy (non-hydrogen) atoms. The van der Waals surface area contributed by atoms with Crippen molar-refractivity contribution in [2.45, 2.75) is 33.4 Å². The van der Waals surface area contributed by atoms with Gasteiger partial charge in [-0.2, -0.15) is 0 Å². The van der Waals surface area contributed by atoms with Gasteiger partial charge in [0.1, 0.15) is 17.3 Å². The Hall–Kier alpha value is -3.50. The monoisotopic (exact) mass is 487 g/mol. The molecular formula is C26H30FN9. The molecule has 4 aromatic rings. The van der Waals surface area contributed by atoms with Crippen LogP contribution in [-0.4, -0.2) is 60.6 Å². The molecule has 186 valence electrons. The van der Waals surface area contributed by atoms with Crippen LogP contribution in [0.4, 0.5) is 16.2 Å². The molecule has 6 heterocycles. The summed E-state index contributed by atoms with van der Waals surface area (Å²) in [4.78, 5) is 24.6. The summed E-state index contributed by atoms with van der Waals surface area (Å²) in [5.41, 5.74) is 3.41. The van der Waals surface area contributed by atoms with Gasteiger partial charge in [0.2, 0.25) is 5.95 Å². The first-order chi connectivity index (χ1) is 17.4. The molecule has 0 radical (unpaired) electrons. The van der Waals surface area contributed by atoms with Gasteiger partial charge in [0.25, 0.3) is 0 Å². The number of halogens is 1. The highest BCUT2D eigenvalue weighted by atomic mass is 19.1. The average Bonchev–Trinajstić information content (AvgIpc) is 3.53. The third kappa shape index (κ3) is 4.31. The lowest BCUT2D eigenvalue weighted by Crippen LogP contribution is -2.25. The van der Waals surface area contributed by atoms with Crippen LogP contribution in [-0.2, 0) is 6.54 Å². The highest BCUT2D eigenvalue weighted by molar-refractivity contribution is 5.78. The summed E-state index contributed by atoms with van der Waals surface area (Å²) in [6.45, 7) is 11.6. The van der Waals surface area contributed by atoms with E-state index in [9.17, 15) is 4.39 Å². The number of likely N-dealkylation sites (tertiary alicyclic amines) is 1. The molecule has 2 aliphatic rings. The number of aryl methyl sites for hydroxylation is 1. The Morgan fingerprint density at radius 1 is 1.06 bits per heavy atom. The van der Waals surface area contributed by atoms with Gasteiger partial charge in [0.15, 0.2) is 11.5 Å². The Morgan fingerprint density at radius 2 is 1.86 bits per heavy atom. The van der Waals surface area contributed by atoms with Crippen molar-refractivity contribution >= 4 is 22.9 Å². The largest absolute Gasteiger partial charge is 0.324 e. The number of nitrogens with one attached hydrogen (secondary N) is 2. The lowest BCUT2D eigenvalue weighted by atomic mass is 10.0. The van der Waals surface area contributed by atoms with Gasteiger partial charge in [-0.05, 0) is 63.4 Å². The Morgan fingerprint density at radius 3 is 2.58 bits per heavy atom. The van der Waals surface area contributed by atoms with Crippen LogP contribution < -0.4 is 10.6 Å². The normalized spacial score (nSPS) is 19.9. The second-order valence-corrected chi connectivity index (χ2v) is 10.1. The van der Waals surface area contributed by atoms with Gasteiger partial charge in [-0.1, -0.05) is 6.07 Å². The summed E-state index contributed by atoms with van der Waals surface area (Å²) in [5, 5.41) is 6.59. The number of rotatable bonds is 6. The molecule has 2 aliphatic heterocycles. The van der Waals surface area contributed by atoms with Crippen molar-refractivity contribution in [3.05, 3.63) is 54.0 Å². The average molecular weight is 488 g/mol. The molecular weight excluding hydrogens is 457 g/mol. The van der Waals surface area contributed by atoms with E-state index in [1.165, 1.54) is 11.8 Å². The molecule has 4 aromatic heterocycles. The van der Waals surface area contributed by atoms with Crippen molar-refractivity contribution in [3.8, 4) is 11.3 Å². The third-order valence-corrected chi connectivity index (χ3v) is 7.19. The Balaban J connectivity index is 1.19. The predicted octanol–water partition coefficient (Wildman–Crippen LogP) is 3.71. The molecule has 0 bridgehead atoms. The van der Waals surface area contributed by atoms with E-state index in [4.69, 9.17) is 0 Å². The number of nitrogens with zero attached hydrogens (tertiary/aromatic N) is 7. The van der Waals surface area contributed by atoms with Crippen LogP contribution in [0.1, 0.15) is 31.3 Å². The highest BCUT2D eigenvalue weighted by Crippen LogP contribution is 2.28. The molecule has 10 heteroatoms. The maximum Gasteiger partial charge on any atom is 0.229 e. The standard InChI is InChI=1S/C26H30FN9/c1-15(2)36-16(3)32-25-22(36)6-18(10-30-25)24-21(27)11-31-26(34-24)33-23-5-4-17(7-29-23)12-35-13-19-8-28-9-20(19)14-35/h4-7,10-11,15,19-20,28H,8-9,12-14H2,1-3H3,(H,29,31,33,34). The molecule has 9 nitrogen and oxygen atoms in total. The van der Waals surface area contributed by atoms with Crippen molar-refractivity contribution in [1.29, 1.82) is 0 Å². The van der Waals surface area contributed by atoms with Crippen LogP contribution >= 0.6 is 0 Å². The summed E-state index contributed by atoms with van der Waals surface area (Å²) >= 11 is 0. The number of aromatic nitrogens is 6. The topological polar surface area (TPSA) is 96.7 Å². The van der Waals surface area contributed by atoms with Gasteiger partial charge in [-0.25, -0.2) is 29.3 Å². The number of imidazole rings is 1. The van der Waals surface area contributed by atoms with Gasteiger partial charge in [0.05, 0.1) is 11.7 Å². The molecule has 0 saturated carbocycles. The Labute approximate surface area is 209 Å². The number of hydrogen-bond acceptors (Lipinski definition) is 8. The van der Waals surface area contributed by atoms with Crippen LogP contribution in [0.15, 0.2) is 36.8 Å². The van der Waals surface area contributed by atoms with Crippen LogP contribution in [0, 0.1) is 24.6 Å². The molecule has 2 saturated heterocycles. The number of hydrogen-bond donors (Lipinski definition) is 2. The molecule has 2 N–H and O–H groups in total. The van der Waals surface area contributed by atoms with E-state index in [2.05, 4.69) is 64.9 Å². The number of anilines is 2. The molecule has 2 atom stereocenters. The predicted molar refractivity (Wildman–Crippen MR) is 136 cm³/mol. The molecule has 2 unspecified atom stereocenters. The molecule has 0 aliphatic carbocycles. The van der Waals surface area contributed by atoms with Gasteiger partial charge in [-0.3, -0.25) is 4.90 Å². The maximum atomic E-state index is 14.8. The first-order valence-electron chi connectivity index (χ1n) is 12.5. The highest BCUT2D eigenvalue weighted by Gasteiger charge is 2.35. The quantitative estimate of drug-likeness (QED) is 0.425. The fraction of sp³-hybridized carbons (Fsp3) is 0.423. The SMILES string of the molecule is Cc1nc2ncc(-c3nc(Nc4ccc(CN5CC6CNCC6C5)cn4)ncc3F)cc2n1C(C)C. The van der Waals surface area contributed by atoms with Crippen LogP contribution in [0.5, 0.6) is 0 Å². The number of pyridine rings is 2. The molecule has 6 rings (SSSR count). The summed E-state index contributed by atoms with van der Waals surface area (Å²) in [6, 6.07) is 6.07. The lowest BCUT2D eigenvalue weighted by Gasteiger charge is -2.17. The fourth-order valence-corrected chi connectivity index (χ4v) is 5.55. The van der Waals surface area contributed by atoms with Crippen LogP contribution in [0.3, 0.4) is 0 Å². The van der Waals surface area contributed by atoms with E-state index in [-0.39, 0.29) is 17.7 Å². The fourth-order valence-electron chi connectivity index (χ4n) is 5.55. The second-order valence-electron chi connectivity index (χ2n) is 10.1. The van der Waals surface area contributed by atoms with Gasteiger partial charge >= 0.3 is 0 Å². The number of fused-ring (bicyclic) bond motifs is 2. The minimum Gasteiger partial charge on any atom is -0.324 e. The van der Waals surface area contributed by atoms with Gasteiger partial charge < -0.3 is 15.2 Å². The lowest BCUT2D eigenvalue weighted by molar-refractivity contribution is 0.305. The molecule has 0 amide bonds. The van der Waals surface area contributed by atoms with E-state index in [1.54, 1.807) is 6.20 Å². The summed E-state index contributed by atoms with van der Waals surface area (Å²) in [6.07, 6.45) is 4.66. The Bertz CT molecular complexity index is 1390. The zero-order chi connectivity index (χ0) is 24.8. The van der Waals surface area contributed by atoms with Crippen molar-refractivity contribution in [3.63, 3.8) is 0 Å². The van der Waals surface area contributed by atoms with Crippen molar-refractivity contribution < 1.29 is 4.39 Å². The molecule has 2 fully saturated rings. The minimum atomic E-state index is -0.511. The third-order valence-electron chi connectivity index (χ3n) is 7.19. The maximum absolute atomic E-state index is 14.8. The van der Waals surface area contributed by atoms with E-state index in [0.717, 1.165) is 55.9 Å². The first-order valence-corrected chi connectivity index (χ1v) is 12.5.